The van der Waals surface area contributed by atoms with Gasteiger partial charge in [0, 0.05) is 0 Å². The van der Waals surface area contributed by atoms with Crippen molar-refractivity contribution in [2.75, 3.05) is 6.61 Å². The van der Waals surface area contributed by atoms with Gasteiger partial charge < -0.3 is 46.0 Å². The first-order valence-electron chi connectivity index (χ1n) is 6.35. The Morgan fingerprint density at radius 3 is 1.28 bits per heavy atom. The summed E-state index contributed by atoms with van der Waals surface area (Å²) in [6.07, 6.45) is -10.2. The molecule has 0 saturated carbocycles. The topological polar surface area (TPSA) is 233 Å². The lowest BCUT2D eigenvalue weighted by atomic mass is 9.99. The highest BCUT2D eigenvalue weighted by molar-refractivity contribution is 7.86. The summed E-state index contributed by atoms with van der Waals surface area (Å²) < 4.78 is 0. The number of thiol groups is 2. The van der Waals surface area contributed by atoms with Crippen LogP contribution in [0, 0.1) is 0 Å². The maximum absolute atomic E-state index is 10.2. The van der Waals surface area contributed by atoms with Crippen molar-refractivity contribution in [3.63, 3.8) is 0 Å². The van der Waals surface area contributed by atoms with Gasteiger partial charge in [0.15, 0.2) is 6.10 Å². The number of carboxylic acids is 3. The highest BCUT2D eigenvalue weighted by Gasteiger charge is 2.36. The summed E-state index contributed by atoms with van der Waals surface area (Å²) in [5, 5.41) is 75.4. The summed E-state index contributed by atoms with van der Waals surface area (Å²) in [7, 11) is 0. The van der Waals surface area contributed by atoms with E-state index in [0.717, 1.165) is 0 Å². The number of aliphatic hydroxyl groups is 6. The van der Waals surface area contributed by atoms with Crippen molar-refractivity contribution >= 4 is 43.2 Å². The van der Waals surface area contributed by atoms with E-state index < -0.39 is 65.5 Å². The van der Waals surface area contributed by atoms with Crippen LogP contribution >= 0.6 is 25.3 Å². The molecule has 148 valence electrons. The lowest BCUT2D eigenvalue weighted by Gasteiger charge is -2.26. The monoisotopic (exact) mass is 408 g/mol. The molecule has 0 heterocycles. The number of hydrogen-bond donors (Lipinski definition) is 11. The van der Waals surface area contributed by atoms with E-state index in [1.165, 1.54) is 0 Å². The van der Waals surface area contributed by atoms with E-state index >= 15 is 0 Å². The lowest BCUT2D eigenvalue weighted by molar-refractivity contribution is -0.169. The molecule has 14 heteroatoms. The minimum absolute atomic E-state index is 0.881. The number of rotatable bonds is 9. The molecule has 0 radical (unpaired) electrons. The van der Waals surface area contributed by atoms with Crippen molar-refractivity contribution < 1.29 is 60.3 Å². The van der Waals surface area contributed by atoms with Gasteiger partial charge in [-0.3, -0.25) is 9.59 Å². The van der Waals surface area contributed by atoms with Crippen LogP contribution in [-0.2, 0) is 14.4 Å². The molecular weight excluding hydrogens is 388 g/mol. The van der Waals surface area contributed by atoms with E-state index in [1.54, 1.807) is 0 Å². The third-order valence-corrected chi connectivity index (χ3v) is 3.94. The fourth-order valence-electron chi connectivity index (χ4n) is 1.14. The van der Waals surface area contributed by atoms with Crippen LogP contribution in [0.1, 0.15) is 0 Å². The number of carbonyl (C=O) groups is 3. The SMILES string of the molecule is O=C(O)C(S)C(S)C(=O)O.O=C(O)[C@H](O)[C@@H](O)[C@H](O)[C@H](O)C(O)CO. The number of carboxylic acid groups (broad SMARTS) is 3. The summed E-state index contributed by atoms with van der Waals surface area (Å²) in [6.45, 7) is -0.881. The van der Waals surface area contributed by atoms with Crippen LogP contribution in [0.2, 0.25) is 0 Å². The Labute approximate surface area is 151 Å². The molecule has 12 nitrogen and oxygen atoms in total. The Morgan fingerprint density at radius 2 is 1.04 bits per heavy atom. The summed E-state index contributed by atoms with van der Waals surface area (Å²) in [6, 6.07) is 0. The smallest absolute Gasteiger partial charge is 0.335 e. The molecule has 0 saturated heterocycles. The fraction of sp³-hybridized carbons (Fsp3) is 0.727. The molecule has 0 aromatic heterocycles. The van der Waals surface area contributed by atoms with Gasteiger partial charge >= 0.3 is 17.9 Å². The van der Waals surface area contributed by atoms with Gasteiger partial charge in [-0.05, 0) is 0 Å². The van der Waals surface area contributed by atoms with Gasteiger partial charge in [0.2, 0.25) is 0 Å². The van der Waals surface area contributed by atoms with Crippen molar-refractivity contribution in [3.8, 4) is 0 Å². The average Bonchev–Trinajstić information content (AvgIpc) is 2.56. The molecule has 25 heavy (non-hydrogen) atoms. The normalized spacial score (nSPS) is 19.2. The van der Waals surface area contributed by atoms with Crippen LogP contribution in [0.3, 0.4) is 0 Å². The highest BCUT2D eigenvalue weighted by Crippen LogP contribution is 2.09. The van der Waals surface area contributed by atoms with Crippen molar-refractivity contribution in [1.82, 2.24) is 0 Å². The molecule has 9 N–H and O–H groups in total. The quantitative estimate of drug-likeness (QED) is 0.162. The molecule has 0 aliphatic rings. The molecule has 0 amide bonds. The number of aliphatic hydroxyl groups excluding tert-OH is 6. The zero-order valence-electron chi connectivity index (χ0n) is 12.4. The van der Waals surface area contributed by atoms with Gasteiger partial charge in [-0.2, -0.15) is 25.3 Å². The molecule has 0 aromatic rings. The van der Waals surface area contributed by atoms with Crippen LogP contribution < -0.4 is 0 Å². The van der Waals surface area contributed by atoms with Crippen molar-refractivity contribution in [1.29, 1.82) is 0 Å². The molecule has 0 fully saturated rings. The van der Waals surface area contributed by atoms with E-state index in [-0.39, 0.29) is 0 Å². The first kappa shape index (κ1) is 26.1. The second-order valence-electron chi connectivity index (χ2n) is 4.57. The summed E-state index contributed by atoms with van der Waals surface area (Å²) in [5.74, 6) is -4.36. The van der Waals surface area contributed by atoms with Crippen LogP contribution in [0.5, 0.6) is 0 Å². The Kier molecular flexibility index (Phi) is 12.8. The van der Waals surface area contributed by atoms with E-state index in [0.29, 0.717) is 0 Å². The molecular formula is C11H20O12S2. The Morgan fingerprint density at radius 1 is 0.680 bits per heavy atom. The van der Waals surface area contributed by atoms with E-state index in [4.69, 9.17) is 46.0 Å². The first-order valence-corrected chi connectivity index (χ1v) is 7.38. The van der Waals surface area contributed by atoms with Crippen molar-refractivity contribution in [3.05, 3.63) is 0 Å². The molecule has 0 bridgehead atoms. The van der Waals surface area contributed by atoms with Crippen LogP contribution in [0.25, 0.3) is 0 Å². The second kappa shape index (κ2) is 12.3. The fourth-order valence-corrected chi connectivity index (χ4v) is 1.40. The van der Waals surface area contributed by atoms with Gasteiger partial charge in [0.1, 0.15) is 34.9 Å². The summed E-state index contributed by atoms with van der Waals surface area (Å²) >= 11 is 7.00. The van der Waals surface area contributed by atoms with Gasteiger partial charge in [0.05, 0.1) is 6.61 Å². The van der Waals surface area contributed by atoms with Crippen molar-refractivity contribution in [2.24, 2.45) is 0 Å². The number of hydrogen-bond acceptors (Lipinski definition) is 11. The van der Waals surface area contributed by atoms with Gasteiger partial charge in [-0.25, -0.2) is 4.79 Å². The minimum Gasteiger partial charge on any atom is -0.480 e. The Hall–Kier alpha value is -1.13. The zero-order valence-corrected chi connectivity index (χ0v) is 14.2. The molecule has 0 aliphatic heterocycles. The minimum atomic E-state index is -2.29. The largest absolute Gasteiger partial charge is 0.480 e. The first-order chi connectivity index (χ1) is 11.3. The summed E-state index contributed by atoms with van der Waals surface area (Å²) in [4.78, 5) is 30.3. The third-order valence-electron chi connectivity index (χ3n) is 2.66. The second-order valence-corrected chi connectivity index (χ2v) is 5.68. The highest BCUT2D eigenvalue weighted by atomic mass is 32.1. The van der Waals surface area contributed by atoms with E-state index in [9.17, 15) is 14.4 Å². The molecule has 0 aromatic carbocycles. The predicted molar refractivity (Wildman–Crippen MR) is 85.6 cm³/mol. The maximum Gasteiger partial charge on any atom is 0.335 e. The Balaban J connectivity index is 0. The molecule has 0 rings (SSSR count). The van der Waals surface area contributed by atoms with Crippen molar-refractivity contribution in [2.45, 2.75) is 41.0 Å². The molecule has 7 atom stereocenters. The maximum atomic E-state index is 10.2. The van der Waals surface area contributed by atoms with E-state index in [2.05, 4.69) is 25.3 Å². The van der Waals surface area contributed by atoms with Gasteiger partial charge in [0.25, 0.3) is 0 Å². The molecule has 0 spiro atoms. The average molecular weight is 408 g/mol. The lowest BCUT2D eigenvalue weighted by Crippen LogP contribution is -2.51. The van der Waals surface area contributed by atoms with Crippen LogP contribution in [-0.4, -0.2) is 111 Å². The van der Waals surface area contributed by atoms with Gasteiger partial charge in [-0.15, -0.1) is 0 Å². The number of aliphatic carboxylic acids is 3. The third kappa shape index (κ3) is 9.22. The standard InChI is InChI=1S/C7H14O8.C4H6O4S2/c8-1-2(9)3(10)4(11)5(12)6(13)7(14)15;5-3(6)1(9)2(10)4(7)8/h2-6,8-13H,1H2,(H,14,15);1-2,9-10H,(H,5,6)(H,7,8)/t2?,3-,4-,5+,6-;/m1./s1. The zero-order chi connectivity index (χ0) is 20.5. The predicted octanol–water partition coefficient (Wildman–Crippen LogP) is -4.38. The van der Waals surface area contributed by atoms with Crippen LogP contribution in [0.4, 0.5) is 0 Å². The summed E-state index contributed by atoms with van der Waals surface area (Å²) in [5.41, 5.74) is 0. The Bertz CT molecular complexity index is 429. The van der Waals surface area contributed by atoms with Gasteiger partial charge in [-0.1, -0.05) is 0 Å². The van der Waals surface area contributed by atoms with E-state index in [1.807, 2.05) is 0 Å². The van der Waals surface area contributed by atoms with Crippen LogP contribution in [0.15, 0.2) is 0 Å². The molecule has 0 aliphatic carbocycles. The molecule has 3 unspecified atom stereocenters.